The third-order valence-electron chi connectivity index (χ3n) is 8.03. The smallest absolute Gasteiger partial charge is 0.308 e. The molecule has 39 heavy (non-hydrogen) atoms. The summed E-state index contributed by atoms with van der Waals surface area (Å²) in [6.07, 6.45) is 6.45. The van der Waals surface area contributed by atoms with Crippen LogP contribution >= 0.6 is 0 Å². The Morgan fingerprint density at radius 2 is 2.00 bits per heavy atom. The number of hydrogen-bond acceptors (Lipinski definition) is 6. The molecule has 2 amide bonds. The van der Waals surface area contributed by atoms with Crippen LogP contribution in [0, 0.1) is 5.92 Å². The van der Waals surface area contributed by atoms with Crippen LogP contribution in [0.5, 0.6) is 5.75 Å². The molecule has 210 valence electrons. The zero-order valence-electron chi connectivity index (χ0n) is 23.2. The van der Waals surface area contributed by atoms with E-state index in [9.17, 15) is 19.5 Å². The molecule has 0 radical (unpaired) electrons. The number of rotatable bonds is 12. The van der Waals surface area contributed by atoms with E-state index in [1.165, 1.54) is 6.92 Å². The Kier molecular flexibility index (Phi) is 9.56. The predicted molar refractivity (Wildman–Crippen MR) is 149 cm³/mol. The number of likely N-dealkylation sites (tertiary alicyclic amines) is 1. The zero-order valence-corrected chi connectivity index (χ0v) is 23.2. The summed E-state index contributed by atoms with van der Waals surface area (Å²) < 4.78 is 5.67. The fourth-order valence-electron chi connectivity index (χ4n) is 5.94. The van der Waals surface area contributed by atoms with Crippen molar-refractivity contribution in [3.63, 3.8) is 0 Å². The Balaban J connectivity index is 1.63. The van der Waals surface area contributed by atoms with E-state index in [2.05, 4.69) is 18.0 Å². The molecule has 0 spiro atoms. The number of ether oxygens (including phenoxy) is 1. The lowest BCUT2D eigenvalue weighted by atomic mass is 9.83. The van der Waals surface area contributed by atoms with Crippen molar-refractivity contribution in [2.24, 2.45) is 5.92 Å². The number of fused-ring (bicyclic) bond motifs is 1. The highest BCUT2D eigenvalue weighted by atomic mass is 16.5. The number of amides is 2. The van der Waals surface area contributed by atoms with Crippen molar-refractivity contribution in [2.45, 2.75) is 58.4 Å². The van der Waals surface area contributed by atoms with Crippen LogP contribution in [0.2, 0.25) is 0 Å². The average molecular weight is 537 g/mol. The molecule has 9 nitrogen and oxygen atoms in total. The quantitative estimate of drug-likeness (QED) is 0.442. The summed E-state index contributed by atoms with van der Waals surface area (Å²) in [5.41, 5.74) is 2.80. The zero-order chi connectivity index (χ0) is 27.9. The van der Waals surface area contributed by atoms with Crippen LogP contribution in [0.15, 0.2) is 42.7 Å². The second-order valence-corrected chi connectivity index (χ2v) is 10.4. The van der Waals surface area contributed by atoms with Crippen LogP contribution < -0.4 is 9.64 Å². The van der Waals surface area contributed by atoms with Crippen molar-refractivity contribution in [1.82, 2.24) is 14.8 Å². The number of pyridine rings is 1. The molecule has 4 rings (SSSR count). The molecule has 1 aromatic heterocycles. The van der Waals surface area contributed by atoms with Crippen LogP contribution in [-0.4, -0.2) is 83.0 Å². The minimum Gasteiger partial charge on any atom is -0.493 e. The van der Waals surface area contributed by atoms with Gasteiger partial charge in [0.25, 0.3) is 0 Å². The number of unbranched alkanes of at least 4 members (excludes halogenated alkanes) is 1. The van der Waals surface area contributed by atoms with Crippen molar-refractivity contribution in [1.29, 1.82) is 0 Å². The van der Waals surface area contributed by atoms with Gasteiger partial charge in [0.1, 0.15) is 5.75 Å². The molecule has 2 aliphatic rings. The lowest BCUT2D eigenvalue weighted by Crippen LogP contribution is -2.46. The maximum absolute atomic E-state index is 13.8. The van der Waals surface area contributed by atoms with Crippen molar-refractivity contribution in [3.05, 3.63) is 53.9 Å². The summed E-state index contributed by atoms with van der Waals surface area (Å²) >= 11 is 0. The lowest BCUT2D eigenvalue weighted by molar-refractivity contribution is -0.143. The predicted octanol–water partition coefficient (Wildman–Crippen LogP) is 3.58. The van der Waals surface area contributed by atoms with Crippen LogP contribution in [0.4, 0.5) is 5.69 Å². The lowest BCUT2D eigenvalue weighted by Gasteiger charge is -2.31. The Morgan fingerprint density at radius 3 is 2.67 bits per heavy atom. The van der Waals surface area contributed by atoms with E-state index in [0.29, 0.717) is 39.2 Å². The highest BCUT2D eigenvalue weighted by molar-refractivity contribution is 5.94. The van der Waals surface area contributed by atoms with Crippen molar-refractivity contribution < 1.29 is 24.2 Å². The molecule has 2 aromatic rings. The van der Waals surface area contributed by atoms with Gasteiger partial charge in [-0.05, 0) is 49.1 Å². The molecular weight excluding hydrogens is 496 g/mol. The number of carbonyl (C=O) groups is 3. The summed E-state index contributed by atoms with van der Waals surface area (Å²) in [4.78, 5) is 48.3. The van der Waals surface area contributed by atoms with Gasteiger partial charge in [0.15, 0.2) is 0 Å². The van der Waals surface area contributed by atoms with Gasteiger partial charge in [0, 0.05) is 57.7 Å². The number of hydrogen-bond donors (Lipinski definition) is 1. The van der Waals surface area contributed by atoms with Gasteiger partial charge in [0.2, 0.25) is 11.8 Å². The van der Waals surface area contributed by atoms with Crippen molar-refractivity contribution in [2.75, 3.05) is 44.2 Å². The summed E-state index contributed by atoms with van der Waals surface area (Å²) in [5, 5.41) is 10.5. The first-order valence-electron chi connectivity index (χ1n) is 14.0. The molecule has 3 heterocycles. The van der Waals surface area contributed by atoms with Crippen LogP contribution in [0.1, 0.15) is 57.1 Å². The van der Waals surface area contributed by atoms with Gasteiger partial charge in [-0.1, -0.05) is 25.5 Å². The molecule has 1 aromatic carbocycles. The van der Waals surface area contributed by atoms with E-state index in [1.807, 2.05) is 36.1 Å². The number of anilines is 1. The molecule has 0 aliphatic carbocycles. The monoisotopic (exact) mass is 536 g/mol. The third-order valence-corrected chi connectivity index (χ3v) is 8.03. The molecule has 2 aliphatic heterocycles. The summed E-state index contributed by atoms with van der Waals surface area (Å²) in [7, 11) is 0. The third kappa shape index (κ3) is 6.58. The van der Waals surface area contributed by atoms with E-state index in [-0.39, 0.29) is 24.3 Å². The number of carboxylic acid groups (broad SMARTS) is 1. The summed E-state index contributed by atoms with van der Waals surface area (Å²) in [6.45, 7) is 8.29. The molecule has 1 N–H and O–H groups in total. The molecule has 3 atom stereocenters. The molecule has 0 unspecified atom stereocenters. The van der Waals surface area contributed by atoms with E-state index in [4.69, 9.17) is 4.74 Å². The maximum Gasteiger partial charge on any atom is 0.308 e. The first kappa shape index (κ1) is 28.5. The normalized spacial score (nSPS) is 20.3. The first-order valence-corrected chi connectivity index (χ1v) is 14.0. The van der Waals surface area contributed by atoms with Gasteiger partial charge in [0.05, 0.1) is 31.0 Å². The number of benzene rings is 1. The van der Waals surface area contributed by atoms with E-state index in [1.54, 1.807) is 22.2 Å². The highest BCUT2D eigenvalue weighted by Crippen LogP contribution is 2.41. The Morgan fingerprint density at radius 1 is 1.18 bits per heavy atom. The number of carboxylic acids is 1. The number of aromatic nitrogens is 1. The topological polar surface area (TPSA) is 103 Å². The average Bonchev–Trinajstić information content (AvgIpc) is 3.54. The van der Waals surface area contributed by atoms with Gasteiger partial charge in [-0.15, -0.1) is 0 Å². The number of aliphatic carboxylic acids is 1. The summed E-state index contributed by atoms with van der Waals surface area (Å²) in [6, 6.07) is 9.27. The van der Waals surface area contributed by atoms with Crippen molar-refractivity contribution in [3.8, 4) is 5.75 Å². The Bertz CT molecular complexity index is 1160. The van der Waals surface area contributed by atoms with Gasteiger partial charge in [-0.3, -0.25) is 24.3 Å². The fraction of sp³-hybridized carbons (Fsp3) is 0.533. The van der Waals surface area contributed by atoms with E-state index >= 15 is 0 Å². The van der Waals surface area contributed by atoms with Gasteiger partial charge in [-0.25, -0.2) is 0 Å². The molecule has 0 saturated carbocycles. The Labute approximate surface area is 230 Å². The minimum atomic E-state index is -0.877. The SMILES string of the molecule is CCCCN(C(=O)CN1C[C@H](c2ccc3c(c2)CCO3)[C@@H](C(=O)O)[C@@H]1CCN(CC)C(C)=O)c1cccnc1. The molecular formula is C30H40N4O5. The van der Waals surface area contributed by atoms with Crippen molar-refractivity contribution >= 4 is 23.5 Å². The molecule has 1 fully saturated rings. The second-order valence-electron chi connectivity index (χ2n) is 10.4. The Hall–Kier alpha value is -3.46. The molecule has 9 heteroatoms. The standard InChI is InChI=1S/C30H40N4O5/c1-4-6-14-34(24-8-7-13-31-18-24)28(36)20-33-19-25(22-9-10-27-23(17-22)12-16-39-27)29(30(37)38)26(33)11-15-32(5-2)21(3)35/h7-10,13,17-18,25-26,29H,4-6,11-12,14-16,19-20H2,1-3H3,(H,37,38)/t25-,26+,29-/m1/s1. The summed E-state index contributed by atoms with van der Waals surface area (Å²) in [5.74, 6) is -1.12. The fourth-order valence-corrected chi connectivity index (χ4v) is 5.94. The second kappa shape index (κ2) is 13.1. The van der Waals surface area contributed by atoms with Gasteiger partial charge in [-0.2, -0.15) is 0 Å². The minimum absolute atomic E-state index is 0.0394. The van der Waals surface area contributed by atoms with Crippen LogP contribution in [0.3, 0.4) is 0 Å². The first-order chi connectivity index (χ1) is 18.8. The highest BCUT2D eigenvalue weighted by Gasteiger charge is 2.47. The van der Waals surface area contributed by atoms with E-state index in [0.717, 1.165) is 41.8 Å². The van der Waals surface area contributed by atoms with Gasteiger partial charge < -0.3 is 19.6 Å². The van der Waals surface area contributed by atoms with Crippen LogP contribution in [-0.2, 0) is 20.8 Å². The van der Waals surface area contributed by atoms with Crippen LogP contribution in [0.25, 0.3) is 0 Å². The maximum atomic E-state index is 13.8. The van der Waals surface area contributed by atoms with E-state index < -0.39 is 17.9 Å². The molecule has 0 bridgehead atoms. The largest absolute Gasteiger partial charge is 0.493 e. The van der Waals surface area contributed by atoms with Gasteiger partial charge >= 0.3 is 5.97 Å². The number of carbonyl (C=O) groups excluding carboxylic acids is 2. The number of nitrogens with zero attached hydrogens (tertiary/aromatic N) is 4. The molecule has 1 saturated heterocycles.